The molecule has 1 amide bonds. The lowest BCUT2D eigenvalue weighted by atomic mass is 9.85. The van der Waals surface area contributed by atoms with Gasteiger partial charge >= 0.3 is 11.9 Å². The van der Waals surface area contributed by atoms with Crippen LogP contribution in [0.1, 0.15) is 19.8 Å². The van der Waals surface area contributed by atoms with Gasteiger partial charge in [-0.3, -0.25) is 14.4 Å². The fourth-order valence-corrected chi connectivity index (χ4v) is 2.11. The average Bonchev–Trinajstić information content (AvgIpc) is 2.35. The molecule has 1 fully saturated rings. The fraction of sp³-hybridized carbons (Fsp3) is 0.727. The molecule has 18 heavy (non-hydrogen) atoms. The normalized spacial score (nSPS) is 25.6. The molecule has 0 aliphatic carbocycles. The summed E-state index contributed by atoms with van der Waals surface area (Å²) in [6.07, 6.45) is 0.615. The highest BCUT2D eigenvalue weighted by Crippen LogP contribution is 2.24. The third kappa shape index (κ3) is 2.98. The van der Waals surface area contributed by atoms with Gasteiger partial charge in [-0.25, -0.2) is 0 Å². The number of hydrogen-bond donors (Lipinski definition) is 3. The Hall–Kier alpha value is -1.63. The van der Waals surface area contributed by atoms with E-state index in [9.17, 15) is 14.4 Å². The molecule has 0 saturated carbocycles. The first-order valence-electron chi connectivity index (χ1n) is 5.88. The minimum atomic E-state index is -1.19. The summed E-state index contributed by atoms with van der Waals surface area (Å²) in [6.45, 7) is 1.92. The fourth-order valence-electron chi connectivity index (χ4n) is 2.11. The van der Waals surface area contributed by atoms with Gasteiger partial charge in [0.15, 0.2) is 0 Å². The average molecular weight is 258 g/mol. The third-order valence-corrected chi connectivity index (χ3v) is 3.32. The molecular formula is C11H18N2O5. The quantitative estimate of drug-likeness (QED) is 0.616. The number of hydrogen-bond acceptors (Lipinski definition) is 4. The van der Waals surface area contributed by atoms with Crippen molar-refractivity contribution >= 4 is 17.8 Å². The van der Waals surface area contributed by atoms with Crippen LogP contribution in [0.2, 0.25) is 0 Å². The lowest BCUT2D eigenvalue weighted by Gasteiger charge is -2.35. The first-order chi connectivity index (χ1) is 8.38. The molecule has 1 aliphatic heterocycles. The Labute approximate surface area is 105 Å². The zero-order chi connectivity index (χ0) is 13.9. The summed E-state index contributed by atoms with van der Waals surface area (Å²) >= 11 is 0. The Bertz CT molecular complexity index is 357. The first-order valence-corrected chi connectivity index (χ1v) is 5.88. The summed E-state index contributed by atoms with van der Waals surface area (Å²) in [5.41, 5.74) is 5.61. The Balaban J connectivity index is 2.77. The van der Waals surface area contributed by atoms with E-state index in [1.165, 1.54) is 4.90 Å². The SMILES string of the molecule is CC[C@@H](N)C(=O)N1CCC(C(=O)O)C(C(=O)O)C1. The molecule has 102 valence electrons. The number of carboxylic acid groups (broad SMARTS) is 2. The Morgan fingerprint density at radius 1 is 1.28 bits per heavy atom. The minimum Gasteiger partial charge on any atom is -0.481 e. The second-order valence-electron chi connectivity index (χ2n) is 4.48. The molecule has 1 saturated heterocycles. The molecule has 0 aromatic carbocycles. The summed E-state index contributed by atoms with van der Waals surface area (Å²) in [7, 11) is 0. The van der Waals surface area contributed by atoms with Crippen molar-refractivity contribution in [2.75, 3.05) is 13.1 Å². The lowest BCUT2D eigenvalue weighted by molar-refractivity contribution is -0.159. The van der Waals surface area contributed by atoms with Crippen LogP contribution in [0.3, 0.4) is 0 Å². The van der Waals surface area contributed by atoms with Crippen molar-refractivity contribution in [3.8, 4) is 0 Å². The zero-order valence-electron chi connectivity index (χ0n) is 10.2. The largest absolute Gasteiger partial charge is 0.481 e. The number of carbonyl (C=O) groups excluding carboxylic acids is 1. The number of carboxylic acids is 2. The van der Waals surface area contributed by atoms with Crippen LogP contribution >= 0.6 is 0 Å². The highest BCUT2D eigenvalue weighted by atomic mass is 16.4. The molecule has 7 nitrogen and oxygen atoms in total. The number of aliphatic carboxylic acids is 2. The van der Waals surface area contributed by atoms with E-state index >= 15 is 0 Å². The smallest absolute Gasteiger partial charge is 0.309 e. The number of rotatable bonds is 4. The van der Waals surface area contributed by atoms with Crippen molar-refractivity contribution in [2.24, 2.45) is 17.6 Å². The number of nitrogens with two attached hydrogens (primary N) is 1. The van der Waals surface area contributed by atoms with Crippen LogP contribution in [0.15, 0.2) is 0 Å². The van der Waals surface area contributed by atoms with Crippen LogP contribution in [-0.4, -0.2) is 52.1 Å². The molecular weight excluding hydrogens is 240 g/mol. The van der Waals surface area contributed by atoms with Gasteiger partial charge in [0.2, 0.25) is 5.91 Å². The van der Waals surface area contributed by atoms with Crippen molar-refractivity contribution in [2.45, 2.75) is 25.8 Å². The summed E-state index contributed by atoms with van der Waals surface area (Å²) < 4.78 is 0. The Morgan fingerprint density at radius 3 is 2.28 bits per heavy atom. The van der Waals surface area contributed by atoms with Gasteiger partial charge in [0.1, 0.15) is 0 Å². The molecule has 3 atom stereocenters. The van der Waals surface area contributed by atoms with E-state index in [-0.39, 0.29) is 25.4 Å². The molecule has 0 spiro atoms. The van der Waals surface area contributed by atoms with Crippen molar-refractivity contribution in [3.63, 3.8) is 0 Å². The number of likely N-dealkylation sites (tertiary alicyclic amines) is 1. The van der Waals surface area contributed by atoms with Gasteiger partial charge < -0.3 is 20.8 Å². The predicted molar refractivity (Wildman–Crippen MR) is 61.7 cm³/mol. The second-order valence-corrected chi connectivity index (χ2v) is 4.48. The van der Waals surface area contributed by atoms with Gasteiger partial charge in [-0.2, -0.15) is 0 Å². The molecule has 1 rings (SSSR count). The maximum atomic E-state index is 11.8. The first kappa shape index (κ1) is 14.4. The van der Waals surface area contributed by atoms with Gasteiger partial charge in [0.25, 0.3) is 0 Å². The standard InChI is InChI=1S/C11H18N2O5/c1-2-8(12)9(14)13-4-3-6(10(15)16)7(5-13)11(17)18/h6-8H,2-5,12H2,1H3,(H,15,16)(H,17,18)/t6?,7?,8-/m1/s1. The van der Waals surface area contributed by atoms with E-state index in [4.69, 9.17) is 15.9 Å². The molecule has 0 aromatic heterocycles. The summed E-state index contributed by atoms with van der Waals surface area (Å²) in [4.78, 5) is 35.2. The van der Waals surface area contributed by atoms with E-state index in [0.717, 1.165) is 0 Å². The van der Waals surface area contributed by atoms with E-state index in [0.29, 0.717) is 6.42 Å². The van der Waals surface area contributed by atoms with E-state index in [1.54, 1.807) is 6.92 Å². The molecule has 0 aromatic rings. The highest BCUT2D eigenvalue weighted by molar-refractivity contribution is 5.84. The third-order valence-electron chi connectivity index (χ3n) is 3.32. The van der Waals surface area contributed by atoms with Crippen molar-refractivity contribution in [3.05, 3.63) is 0 Å². The van der Waals surface area contributed by atoms with Crippen molar-refractivity contribution in [1.82, 2.24) is 4.90 Å². The minimum absolute atomic E-state index is 0.0845. The molecule has 1 heterocycles. The molecule has 0 radical (unpaired) electrons. The number of carbonyl (C=O) groups is 3. The van der Waals surface area contributed by atoms with E-state index < -0.39 is 29.8 Å². The Kier molecular flexibility index (Phi) is 4.66. The van der Waals surface area contributed by atoms with Crippen LogP contribution in [0.25, 0.3) is 0 Å². The number of piperidine rings is 1. The zero-order valence-corrected chi connectivity index (χ0v) is 10.2. The van der Waals surface area contributed by atoms with Crippen LogP contribution < -0.4 is 5.73 Å². The van der Waals surface area contributed by atoms with E-state index in [2.05, 4.69) is 0 Å². The second kappa shape index (κ2) is 5.81. The van der Waals surface area contributed by atoms with Gasteiger partial charge in [0, 0.05) is 13.1 Å². The molecule has 0 bridgehead atoms. The van der Waals surface area contributed by atoms with E-state index in [1.807, 2.05) is 0 Å². The summed E-state index contributed by atoms with van der Waals surface area (Å²) in [6, 6.07) is -0.652. The van der Waals surface area contributed by atoms with Crippen molar-refractivity contribution in [1.29, 1.82) is 0 Å². The van der Waals surface area contributed by atoms with Crippen LogP contribution in [0.5, 0.6) is 0 Å². The van der Waals surface area contributed by atoms with Crippen molar-refractivity contribution < 1.29 is 24.6 Å². The van der Waals surface area contributed by atoms with Crippen LogP contribution in [0.4, 0.5) is 0 Å². The molecule has 2 unspecified atom stereocenters. The maximum Gasteiger partial charge on any atom is 0.309 e. The Morgan fingerprint density at radius 2 is 1.83 bits per heavy atom. The van der Waals surface area contributed by atoms with Gasteiger partial charge in [-0.05, 0) is 12.8 Å². The number of amides is 1. The lowest BCUT2D eigenvalue weighted by Crippen LogP contribution is -2.52. The van der Waals surface area contributed by atoms with Crippen LogP contribution in [0, 0.1) is 11.8 Å². The molecule has 1 aliphatic rings. The topological polar surface area (TPSA) is 121 Å². The van der Waals surface area contributed by atoms with Gasteiger partial charge in [-0.15, -0.1) is 0 Å². The predicted octanol–water partition coefficient (Wildman–Crippen LogP) is -0.642. The molecule has 4 N–H and O–H groups in total. The highest BCUT2D eigenvalue weighted by Gasteiger charge is 2.40. The van der Waals surface area contributed by atoms with Crippen LogP contribution in [-0.2, 0) is 14.4 Å². The molecule has 7 heteroatoms. The monoisotopic (exact) mass is 258 g/mol. The summed E-state index contributed by atoms with van der Waals surface area (Å²) in [5.74, 6) is -4.64. The maximum absolute atomic E-state index is 11.8. The number of nitrogens with zero attached hydrogens (tertiary/aromatic N) is 1. The summed E-state index contributed by atoms with van der Waals surface area (Å²) in [5, 5.41) is 18.0. The van der Waals surface area contributed by atoms with Gasteiger partial charge in [-0.1, -0.05) is 6.92 Å². The van der Waals surface area contributed by atoms with Gasteiger partial charge in [0.05, 0.1) is 17.9 Å².